The summed E-state index contributed by atoms with van der Waals surface area (Å²) in [7, 11) is 0.648. The van der Waals surface area contributed by atoms with Crippen LogP contribution in [0.4, 0.5) is 11.5 Å². The summed E-state index contributed by atoms with van der Waals surface area (Å²) in [4.78, 5) is 16.4. The van der Waals surface area contributed by atoms with Crippen LogP contribution in [0.2, 0.25) is 5.02 Å². The van der Waals surface area contributed by atoms with E-state index in [1.54, 1.807) is 0 Å². The number of hydrogen-bond acceptors (Lipinski definition) is 8. The molecule has 6 rings (SSSR count). The van der Waals surface area contributed by atoms with Gasteiger partial charge in [0.15, 0.2) is 9.84 Å². The van der Waals surface area contributed by atoms with E-state index in [1.165, 1.54) is 0 Å². The average Bonchev–Trinajstić information content (AvgIpc) is 3.64. The highest BCUT2D eigenvalue weighted by Crippen LogP contribution is 2.46. The van der Waals surface area contributed by atoms with Crippen LogP contribution in [-0.4, -0.2) is 74.4 Å². The van der Waals surface area contributed by atoms with Crippen molar-refractivity contribution < 1.29 is 13.2 Å². The van der Waals surface area contributed by atoms with Gasteiger partial charge in [-0.1, -0.05) is 42.4 Å². The molecule has 0 radical (unpaired) electrons. The molecule has 0 amide bonds. The largest absolute Gasteiger partial charge is 0.462 e. The standard InChI is InChI=1S/C30H36ClN5O3S/c1-4-40(37,38)30(14-15-30)20-35(3)28-23-13-17-36(26-12-6-9-21-8-5-11-24(31)27(21)26)18-25(23)32-29(33-28)39-19-22-10-7-16-34(22)2/h4-6,8-9,11-12,22H,1,7,10,13-20H2,2-3H3/t22-/m0/s1. The van der Waals surface area contributed by atoms with Crippen LogP contribution in [0, 0.1) is 0 Å². The molecule has 0 spiro atoms. The first-order chi connectivity index (χ1) is 19.2. The molecule has 2 aliphatic heterocycles. The van der Waals surface area contributed by atoms with Crippen molar-refractivity contribution in [2.75, 3.05) is 50.1 Å². The quantitative estimate of drug-likeness (QED) is 0.355. The zero-order valence-electron chi connectivity index (χ0n) is 23.1. The van der Waals surface area contributed by atoms with E-state index in [0.717, 1.165) is 76.3 Å². The number of aromatic nitrogens is 2. The van der Waals surface area contributed by atoms with Gasteiger partial charge in [0.1, 0.15) is 12.4 Å². The molecule has 2 aromatic carbocycles. The molecule has 1 aliphatic carbocycles. The van der Waals surface area contributed by atoms with Gasteiger partial charge >= 0.3 is 6.01 Å². The minimum Gasteiger partial charge on any atom is -0.462 e. The van der Waals surface area contributed by atoms with Gasteiger partial charge in [0.05, 0.1) is 22.0 Å². The van der Waals surface area contributed by atoms with Crippen molar-refractivity contribution in [2.24, 2.45) is 0 Å². The summed E-state index contributed by atoms with van der Waals surface area (Å²) >= 11 is 6.67. The third-order valence-corrected chi connectivity index (χ3v) is 11.3. The first-order valence-corrected chi connectivity index (χ1v) is 15.9. The number of ether oxygens (including phenoxy) is 1. The Morgan fingerprint density at radius 3 is 2.67 bits per heavy atom. The van der Waals surface area contributed by atoms with Crippen molar-refractivity contribution in [3.63, 3.8) is 0 Å². The lowest BCUT2D eigenvalue weighted by Gasteiger charge is -2.34. The summed E-state index contributed by atoms with van der Waals surface area (Å²) in [5, 5.41) is 3.96. The van der Waals surface area contributed by atoms with E-state index < -0.39 is 14.6 Å². The van der Waals surface area contributed by atoms with E-state index in [0.29, 0.717) is 44.6 Å². The molecule has 8 nitrogen and oxygen atoms in total. The summed E-state index contributed by atoms with van der Waals surface area (Å²) in [6, 6.07) is 12.9. The number of rotatable bonds is 9. The SMILES string of the molecule is C=CS(=O)(=O)C1(CN(C)c2nc(OC[C@@H]3CCCN3C)nc3c2CCN(c2cccc4cccc(Cl)c24)C3)CC1. The molecule has 40 heavy (non-hydrogen) atoms. The van der Waals surface area contributed by atoms with Gasteiger partial charge in [-0.25, -0.2) is 8.42 Å². The Hall–Kier alpha value is -2.88. The summed E-state index contributed by atoms with van der Waals surface area (Å²) in [6.07, 6.45) is 4.23. The van der Waals surface area contributed by atoms with Gasteiger partial charge in [0.25, 0.3) is 0 Å². The molecule has 1 aromatic heterocycles. The first-order valence-electron chi connectivity index (χ1n) is 13.9. The van der Waals surface area contributed by atoms with Crippen LogP contribution in [-0.2, 0) is 22.8 Å². The second-order valence-electron chi connectivity index (χ2n) is 11.4. The topological polar surface area (TPSA) is 78.9 Å². The Labute approximate surface area is 241 Å². The molecular weight excluding hydrogens is 546 g/mol. The minimum absolute atomic E-state index is 0.336. The fraction of sp³-hybridized carbons (Fsp3) is 0.467. The summed E-state index contributed by atoms with van der Waals surface area (Å²) < 4.78 is 31.0. The highest BCUT2D eigenvalue weighted by molar-refractivity contribution is 7.95. The maximum atomic E-state index is 12.8. The van der Waals surface area contributed by atoms with E-state index in [1.807, 2.05) is 24.1 Å². The van der Waals surface area contributed by atoms with E-state index in [4.69, 9.17) is 26.3 Å². The molecule has 1 atom stereocenters. The number of halogens is 1. The number of likely N-dealkylation sites (tertiary alicyclic amines) is 1. The smallest absolute Gasteiger partial charge is 0.318 e. The molecule has 1 saturated heterocycles. The molecule has 10 heteroatoms. The normalized spacial score (nSPS) is 20.4. The number of sulfone groups is 1. The molecular formula is C30H36ClN5O3S. The fourth-order valence-electron chi connectivity index (χ4n) is 6.23. The van der Waals surface area contributed by atoms with Crippen molar-refractivity contribution in [1.82, 2.24) is 14.9 Å². The van der Waals surface area contributed by atoms with Crippen LogP contribution >= 0.6 is 11.6 Å². The highest BCUT2D eigenvalue weighted by atomic mass is 35.5. The van der Waals surface area contributed by atoms with Crippen molar-refractivity contribution in [1.29, 1.82) is 0 Å². The molecule has 3 aromatic rings. The van der Waals surface area contributed by atoms with E-state index >= 15 is 0 Å². The number of anilines is 2. The predicted octanol–water partition coefficient (Wildman–Crippen LogP) is 4.85. The molecule has 1 saturated carbocycles. The van der Waals surface area contributed by atoms with Crippen LogP contribution in [0.3, 0.4) is 0 Å². The van der Waals surface area contributed by atoms with Gasteiger partial charge in [-0.2, -0.15) is 9.97 Å². The third kappa shape index (κ3) is 4.92. The van der Waals surface area contributed by atoms with Crippen molar-refractivity contribution in [2.45, 2.75) is 49.4 Å². The van der Waals surface area contributed by atoms with Crippen molar-refractivity contribution >= 4 is 43.7 Å². The number of fused-ring (bicyclic) bond motifs is 2. The molecule has 3 heterocycles. The molecule has 3 aliphatic rings. The van der Waals surface area contributed by atoms with Crippen LogP contribution < -0.4 is 14.5 Å². The maximum Gasteiger partial charge on any atom is 0.318 e. The molecule has 2 fully saturated rings. The first kappa shape index (κ1) is 27.3. The van der Waals surface area contributed by atoms with Crippen LogP contribution in [0.15, 0.2) is 48.4 Å². The lowest BCUT2D eigenvalue weighted by molar-refractivity contribution is 0.187. The van der Waals surface area contributed by atoms with Gasteiger partial charge in [0, 0.05) is 48.2 Å². The van der Waals surface area contributed by atoms with E-state index in [2.05, 4.69) is 47.7 Å². The molecule has 0 N–H and O–H groups in total. The number of hydrogen-bond donors (Lipinski definition) is 0. The van der Waals surface area contributed by atoms with Crippen LogP contribution in [0.25, 0.3) is 10.8 Å². The Bertz CT molecular complexity index is 1550. The Morgan fingerprint density at radius 2 is 1.98 bits per heavy atom. The third-order valence-electron chi connectivity index (χ3n) is 8.79. The number of nitrogens with zero attached hydrogens (tertiary/aromatic N) is 5. The fourth-order valence-corrected chi connectivity index (χ4v) is 7.91. The Morgan fingerprint density at radius 1 is 1.20 bits per heavy atom. The minimum atomic E-state index is -3.40. The summed E-state index contributed by atoms with van der Waals surface area (Å²) in [5.41, 5.74) is 3.02. The van der Waals surface area contributed by atoms with Gasteiger partial charge in [-0.3, -0.25) is 0 Å². The number of benzene rings is 2. The average molecular weight is 582 g/mol. The molecule has 0 unspecified atom stereocenters. The number of likely N-dealkylation sites (N-methyl/N-ethyl adjacent to an activating group) is 1. The zero-order valence-corrected chi connectivity index (χ0v) is 24.7. The van der Waals surface area contributed by atoms with Gasteiger partial charge in [0.2, 0.25) is 0 Å². The highest BCUT2D eigenvalue weighted by Gasteiger charge is 2.54. The van der Waals surface area contributed by atoms with Crippen LogP contribution in [0.1, 0.15) is 36.9 Å². The summed E-state index contributed by atoms with van der Waals surface area (Å²) in [5.74, 6) is 0.751. The van der Waals surface area contributed by atoms with Crippen molar-refractivity contribution in [3.8, 4) is 6.01 Å². The van der Waals surface area contributed by atoms with Gasteiger partial charge in [-0.05, 0) is 63.2 Å². The Kier molecular flexibility index (Phi) is 7.17. The Balaban J connectivity index is 1.34. The van der Waals surface area contributed by atoms with E-state index in [-0.39, 0.29) is 0 Å². The lowest BCUT2D eigenvalue weighted by atomic mass is 10.0. The van der Waals surface area contributed by atoms with Crippen molar-refractivity contribution in [3.05, 3.63) is 64.7 Å². The molecule has 0 bridgehead atoms. The van der Waals surface area contributed by atoms with Gasteiger partial charge in [-0.15, -0.1) is 0 Å². The van der Waals surface area contributed by atoms with E-state index in [9.17, 15) is 8.42 Å². The summed E-state index contributed by atoms with van der Waals surface area (Å²) in [6.45, 7) is 6.86. The second kappa shape index (κ2) is 10.5. The predicted molar refractivity (Wildman–Crippen MR) is 161 cm³/mol. The monoisotopic (exact) mass is 581 g/mol. The lowest BCUT2D eigenvalue weighted by Crippen LogP contribution is -2.38. The second-order valence-corrected chi connectivity index (χ2v) is 14.1. The zero-order chi connectivity index (χ0) is 28.1. The van der Waals surface area contributed by atoms with Crippen LogP contribution in [0.5, 0.6) is 6.01 Å². The molecule has 212 valence electrons. The van der Waals surface area contributed by atoms with Gasteiger partial charge < -0.3 is 19.4 Å². The maximum absolute atomic E-state index is 12.8.